The minimum atomic E-state index is -1.00. The van der Waals surface area contributed by atoms with E-state index < -0.39 is 23.6 Å². The normalized spacial score (nSPS) is 17.2. The predicted octanol–water partition coefficient (Wildman–Crippen LogP) is 2.94. The van der Waals surface area contributed by atoms with Gasteiger partial charge in [0.2, 0.25) is 5.91 Å². The number of hydrogen-bond donors (Lipinski definition) is 2. The van der Waals surface area contributed by atoms with E-state index in [1.54, 1.807) is 23.1 Å². The van der Waals surface area contributed by atoms with Crippen molar-refractivity contribution < 1.29 is 23.5 Å². The number of benzene rings is 2. The van der Waals surface area contributed by atoms with Crippen LogP contribution in [0, 0.1) is 11.6 Å². The number of hydrogen-bond acceptors (Lipinski definition) is 3. The number of carbonyl (C=O) groups excluding carboxylic acids is 1. The molecule has 0 bridgehead atoms. The Kier molecular flexibility index (Phi) is 5.81. The Balaban J connectivity index is 1.63. The molecule has 1 heterocycles. The lowest BCUT2D eigenvalue weighted by Crippen LogP contribution is -2.50. The molecule has 1 unspecified atom stereocenters. The molecular weight excluding hydrogens is 354 g/mol. The summed E-state index contributed by atoms with van der Waals surface area (Å²) in [6.07, 6.45) is 1.42. The van der Waals surface area contributed by atoms with Gasteiger partial charge in [0.25, 0.3) is 0 Å². The van der Waals surface area contributed by atoms with Crippen molar-refractivity contribution in [3.05, 3.63) is 70.8 Å². The molecule has 0 radical (unpaired) electrons. The number of halogens is 2. The third-order valence-electron chi connectivity index (χ3n) is 4.63. The summed E-state index contributed by atoms with van der Waals surface area (Å²) >= 11 is 0. The van der Waals surface area contributed by atoms with Crippen LogP contribution in [0.2, 0.25) is 0 Å². The molecule has 3 rings (SSSR count). The number of carboxylic acids is 1. The van der Waals surface area contributed by atoms with E-state index in [1.807, 2.05) is 0 Å². The van der Waals surface area contributed by atoms with E-state index in [4.69, 9.17) is 5.11 Å². The molecule has 1 fully saturated rings. The zero-order valence-corrected chi connectivity index (χ0v) is 14.6. The quantitative estimate of drug-likeness (QED) is 0.816. The van der Waals surface area contributed by atoms with Crippen molar-refractivity contribution in [3.8, 4) is 0 Å². The average molecular weight is 374 g/mol. The fraction of sp³-hybridized carbons (Fsp3) is 0.300. The topological polar surface area (TPSA) is 69.6 Å². The number of carboxylic acid groups (broad SMARTS) is 1. The number of aromatic carboxylic acids is 1. The molecule has 1 atom stereocenters. The molecule has 2 aromatic rings. The van der Waals surface area contributed by atoms with E-state index >= 15 is 0 Å². The summed E-state index contributed by atoms with van der Waals surface area (Å²) in [5.41, 5.74) is 1.24. The standard InChI is InChI=1S/C20H20F2N2O3/c21-16-7-6-15(17(22)10-16)12-24-8-2-5-18(19(24)25)23-11-13-3-1-4-14(9-13)20(26)27/h1,3-4,6-7,9-10,18,23H,2,5,8,11-12H2,(H,26,27). The van der Waals surface area contributed by atoms with E-state index in [0.717, 1.165) is 18.1 Å². The largest absolute Gasteiger partial charge is 0.478 e. The lowest BCUT2D eigenvalue weighted by atomic mass is 10.0. The summed E-state index contributed by atoms with van der Waals surface area (Å²) < 4.78 is 26.9. The molecule has 0 spiro atoms. The molecule has 1 aliphatic heterocycles. The van der Waals surface area contributed by atoms with Gasteiger partial charge < -0.3 is 15.3 Å². The summed E-state index contributed by atoms with van der Waals surface area (Å²) in [6.45, 7) is 0.968. The fourth-order valence-electron chi connectivity index (χ4n) is 3.20. The summed E-state index contributed by atoms with van der Waals surface area (Å²) in [6, 6.07) is 9.45. The first-order valence-electron chi connectivity index (χ1n) is 8.72. The molecule has 142 valence electrons. The van der Waals surface area contributed by atoms with Crippen LogP contribution in [-0.4, -0.2) is 34.5 Å². The van der Waals surface area contributed by atoms with Crippen LogP contribution in [0.15, 0.2) is 42.5 Å². The Bertz CT molecular complexity index is 857. The molecule has 1 aliphatic rings. The molecule has 7 heteroatoms. The van der Waals surface area contributed by atoms with Crippen molar-refractivity contribution >= 4 is 11.9 Å². The first-order chi connectivity index (χ1) is 12.9. The molecule has 1 amide bonds. The highest BCUT2D eigenvalue weighted by atomic mass is 19.1. The minimum absolute atomic E-state index is 0.0949. The Labute approximate surface area is 155 Å². The Hall–Kier alpha value is -2.80. The van der Waals surface area contributed by atoms with E-state index in [9.17, 15) is 18.4 Å². The molecule has 5 nitrogen and oxygen atoms in total. The smallest absolute Gasteiger partial charge is 0.335 e. The number of nitrogens with one attached hydrogen (secondary N) is 1. The second-order valence-corrected chi connectivity index (χ2v) is 6.58. The highest BCUT2D eigenvalue weighted by Gasteiger charge is 2.28. The van der Waals surface area contributed by atoms with Gasteiger partial charge in [0.1, 0.15) is 11.6 Å². The van der Waals surface area contributed by atoms with Gasteiger partial charge in [-0.05, 0) is 36.6 Å². The van der Waals surface area contributed by atoms with Gasteiger partial charge in [-0.1, -0.05) is 18.2 Å². The first-order valence-corrected chi connectivity index (χ1v) is 8.72. The van der Waals surface area contributed by atoms with E-state index in [2.05, 4.69) is 5.32 Å². The number of nitrogens with zero attached hydrogens (tertiary/aromatic N) is 1. The summed E-state index contributed by atoms with van der Waals surface area (Å²) in [5, 5.41) is 12.2. The first kappa shape index (κ1) is 19.0. The van der Waals surface area contributed by atoms with Gasteiger partial charge in [-0.15, -0.1) is 0 Å². The zero-order valence-electron chi connectivity index (χ0n) is 14.6. The van der Waals surface area contributed by atoms with Gasteiger partial charge in [0, 0.05) is 31.3 Å². The molecule has 2 N–H and O–H groups in total. The van der Waals surface area contributed by atoms with Crippen molar-refractivity contribution in [2.45, 2.75) is 32.0 Å². The SMILES string of the molecule is O=C(O)c1cccc(CNC2CCCN(Cc3ccc(F)cc3F)C2=O)c1. The van der Waals surface area contributed by atoms with Crippen LogP contribution < -0.4 is 5.32 Å². The van der Waals surface area contributed by atoms with Crippen LogP contribution in [-0.2, 0) is 17.9 Å². The van der Waals surface area contributed by atoms with E-state index in [1.165, 1.54) is 18.2 Å². The number of likely N-dealkylation sites (tertiary alicyclic amines) is 1. The van der Waals surface area contributed by atoms with Crippen LogP contribution in [0.1, 0.15) is 34.3 Å². The third-order valence-corrected chi connectivity index (χ3v) is 4.63. The maximum absolute atomic E-state index is 13.9. The molecule has 0 aromatic heterocycles. The predicted molar refractivity (Wildman–Crippen MR) is 95.0 cm³/mol. The Morgan fingerprint density at radius 3 is 2.78 bits per heavy atom. The maximum atomic E-state index is 13.9. The van der Waals surface area contributed by atoms with Crippen molar-refractivity contribution in [2.24, 2.45) is 0 Å². The lowest BCUT2D eigenvalue weighted by Gasteiger charge is -2.33. The van der Waals surface area contributed by atoms with Gasteiger partial charge in [-0.25, -0.2) is 13.6 Å². The molecular formula is C20H20F2N2O3. The maximum Gasteiger partial charge on any atom is 0.335 e. The molecule has 2 aromatic carbocycles. The van der Waals surface area contributed by atoms with Crippen molar-refractivity contribution in [1.29, 1.82) is 0 Å². The van der Waals surface area contributed by atoms with Crippen molar-refractivity contribution in [2.75, 3.05) is 6.54 Å². The van der Waals surface area contributed by atoms with Gasteiger partial charge in [0.05, 0.1) is 11.6 Å². The summed E-state index contributed by atoms with van der Waals surface area (Å²) in [7, 11) is 0. The van der Waals surface area contributed by atoms with Crippen LogP contribution in [0.4, 0.5) is 8.78 Å². The zero-order chi connectivity index (χ0) is 19.4. The van der Waals surface area contributed by atoms with Crippen molar-refractivity contribution in [3.63, 3.8) is 0 Å². The van der Waals surface area contributed by atoms with Crippen LogP contribution >= 0.6 is 0 Å². The van der Waals surface area contributed by atoms with Crippen LogP contribution in [0.25, 0.3) is 0 Å². The van der Waals surface area contributed by atoms with Gasteiger partial charge in [-0.3, -0.25) is 4.79 Å². The molecule has 1 saturated heterocycles. The number of carbonyl (C=O) groups is 2. The van der Waals surface area contributed by atoms with Gasteiger partial charge >= 0.3 is 5.97 Å². The summed E-state index contributed by atoms with van der Waals surface area (Å²) in [5.74, 6) is -2.45. The third kappa shape index (κ3) is 4.68. The van der Waals surface area contributed by atoms with Gasteiger partial charge in [-0.2, -0.15) is 0 Å². The second kappa shape index (κ2) is 8.26. The Morgan fingerprint density at radius 2 is 2.04 bits per heavy atom. The van der Waals surface area contributed by atoms with Gasteiger partial charge in [0.15, 0.2) is 0 Å². The molecule has 27 heavy (non-hydrogen) atoms. The molecule has 0 saturated carbocycles. The van der Waals surface area contributed by atoms with Crippen LogP contribution in [0.5, 0.6) is 0 Å². The fourth-order valence-corrected chi connectivity index (χ4v) is 3.20. The Morgan fingerprint density at radius 1 is 1.22 bits per heavy atom. The monoisotopic (exact) mass is 374 g/mol. The lowest BCUT2D eigenvalue weighted by molar-refractivity contribution is -0.136. The average Bonchev–Trinajstić information content (AvgIpc) is 2.64. The second-order valence-electron chi connectivity index (χ2n) is 6.58. The van der Waals surface area contributed by atoms with E-state index in [-0.39, 0.29) is 23.6 Å². The number of rotatable bonds is 6. The van der Waals surface area contributed by atoms with Crippen LogP contribution in [0.3, 0.4) is 0 Å². The summed E-state index contributed by atoms with van der Waals surface area (Å²) in [4.78, 5) is 25.3. The molecule has 0 aliphatic carbocycles. The number of amides is 1. The highest BCUT2D eigenvalue weighted by molar-refractivity contribution is 5.87. The highest BCUT2D eigenvalue weighted by Crippen LogP contribution is 2.18. The number of piperidine rings is 1. The minimum Gasteiger partial charge on any atom is -0.478 e. The van der Waals surface area contributed by atoms with Crippen molar-refractivity contribution in [1.82, 2.24) is 10.2 Å². The van der Waals surface area contributed by atoms with E-state index in [0.29, 0.717) is 19.5 Å².